The molecule has 15 heavy (non-hydrogen) atoms. The fourth-order valence-corrected chi connectivity index (χ4v) is 12.1. The lowest BCUT2D eigenvalue weighted by atomic mass is 10.4. The van der Waals surface area contributed by atoms with Gasteiger partial charge in [-0.3, -0.25) is 0 Å². The predicted molar refractivity (Wildman–Crippen MR) is 92.6 cm³/mol. The summed E-state index contributed by atoms with van der Waals surface area (Å²) in [5.74, 6) is 0. The van der Waals surface area contributed by atoms with Gasteiger partial charge in [0.15, 0.2) is 0 Å². The van der Waals surface area contributed by atoms with Crippen molar-refractivity contribution in [1.29, 1.82) is 0 Å². The Morgan fingerprint density at radius 1 is 1.13 bits per heavy atom. The summed E-state index contributed by atoms with van der Waals surface area (Å²) in [4.78, 5) is 0. The Morgan fingerprint density at radius 2 is 1.80 bits per heavy atom. The quantitative estimate of drug-likeness (QED) is 0.255. The molecule has 0 bridgehead atoms. The minimum Gasteiger partial charge on any atom is -0.109 e. The molecule has 1 aromatic heterocycles. The maximum Gasteiger partial charge on any atom is 0.145 e. The van der Waals surface area contributed by atoms with E-state index < -0.39 is 0 Å². The summed E-state index contributed by atoms with van der Waals surface area (Å²) in [5, 5.41) is 1.64. The Labute approximate surface area is 138 Å². The van der Waals surface area contributed by atoms with Gasteiger partial charge in [0.05, 0.1) is 8.42 Å². The van der Waals surface area contributed by atoms with E-state index in [9.17, 15) is 0 Å². The van der Waals surface area contributed by atoms with E-state index in [4.69, 9.17) is 12.2 Å². The second kappa shape index (κ2) is 4.84. The first kappa shape index (κ1) is 12.5. The van der Waals surface area contributed by atoms with Crippen molar-refractivity contribution in [2.24, 2.45) is 0 Å². The molecule has 0 nitrogen and oxygen atoms in total. The first-order valence-electron chi connectivity index (χ1n) is 4.40. The van der Waals surface area contributed by atoms with Crippen LogP contribution in [0.1, 0.15) is 6.42 Å². The lowest BCUT2D eigenvalue weighted by molar-refractivity contribution is 0.926. The Balaban J connectivity index is 1.95. The number of hydrogen-bond acceptors (Lipinski definition) is 5. The van der Waals surface area contributed by atoms with Gasteiger partial charge in [0.2, 0.25) is 0 Å². The van der Waals surface area contributed by atoms with Gasteiger partial charge in [-0.25, -0.2) is 0 Å². The van der Waals surface area contributed by atoms with Crippen LogP contribution in [0.5, 0.6) is 0 Å². The average molecular weight is 516 g/mol. The molecule has 82 valence electrons. The summed E-state index contributed by atoms with van der Waals surface area (Å²) >= 11 is 18.3. The maximum absolute atomic E-state index is 5.27. The first-order valence-corrected chi connectivity index (χ1v) is 10.7. The molecule has 3 rings (SSSR count). The summed E-state index contributed by atoms with van der Waals surface area (Å²) in [7, 11) is 0. The summed E-state index contributed by atoms with van der Waals surface area (Å²) in [6, 6.07) is 0. The van der Waals surface area contributed by atoms with E-state index in [1.54, 1.807) is 0 Å². The second-order valence-electron chi connectivity index (χ2n) is 3.46. The van der Waals surface area contributed by atoms with Gasteiger partial charge in [0.1, 0.15) is 3.14 Å². The molecular weight excluding hydrogens is 510 g/mol. The van der Waals surface area contributed by atoms with Gasteiger partial charge in [0, 0.05) is 18.3 Å². The molecule has 0 spiro atoms. The van der Waals surface area contributed by atoms with Gasteiger partial charge in [0.25, 0.3) is 0 Å². The zero-order chi connectivity index (χ0) is 10.6. The van der Waals surface area contributed by atoms with Gasteiger partial charge >= 0.3 is 0 Å². The largest absolute Gasteiger partial charge is 0.145 e. The zero-order valence-corrected chi connectivity index (χ0v) is 15.7. The lowest BCUT2D eigenvalue weighted by Gasteiger charge is -2.25. The monoisotopic (exact) mass is 516 g/mol. The van der Waals surface area contributed by atoms with Gasteiger partial charge in [-0.1, -0.05) is 57.4 Å². The molecular formula is C8H6I2S5. The topological polar surface area (TPSA) is 0 Å². The van der Waals surface area contributed by atoms with Crippen LogP contribution < -0.4 is 0 Å². The summed E-state index contributed by atoms with van der Waals surface area (Å²) in [6.45, 7) is 0. The van der Waals surface area contributed by atoms with Crippen LogP contribution in [0.2, 0.25) is 0 Å². The minimum absolute atomic E-state index is 0.810. The standard InChI is InChI=1S/C8H6I2S5/c9-2-1-3-5(4(2)10)13-7-6(12-3)14-8(11)15-7/h2-5H,1H2/t2-,3-,4-,5+/m0/s1. The molecule has 1 aromatic rings. The minimum atomic E-state index is 0.810. The third-order valence-corrected chi connectivity index (χ3v) is 13.7. The molecule has 2 heterocycles. The molecule has 1 aliphatic carbocycles. The third kappa shape index (κ3) is 2.32. The van der Waals surface area contributed by atoms with Crippen molar-refractivity contribution in [3.63, 3.8) is 0 Å². The Bertz CT molecular complexity index is 438. The molecule has 1 saturated carbocycles. The predicted octanol–water partition coefficient (Wildman–Crippen LogP) is 5.48. The molecule has 1 aliphatic heterocycles. The number of alkyl halides is 2. The Morgan fingerprint density at radius 3 is 2.53 bits per heavy atom. The van der Waals surface area contributed by atoms with Crippen molar-refractivity contribution in [2.75, 3.05) is 0 Å². The zero-order valence-electron chi connectivity index (χ0n) is 7.31. The molecule has 0 saturated heterocycles. The molecule has 0 amide bonds. The van der Waals surface area contributed by atoms with Crippen molar-refractivity contribution in [2.45, 2.75) is 33.2 Å². The van der Waals surface area contributed by atoms with Crippen molar-refractivity contribution in [1.82, 2.24) is 0 Å². The maximum atomic E-state index is 5.27. The van der Waals surface area contributed by atoms with Crippen LogP contribution in [0.3, 0.4) is 0 Å². The van der Waals surface area contributed by atoms with Gasteiger partial charge in [-0.05, 0) is 6.42 Å². The van der Waals surface area contributed by atoms with Crippen LogP contribution >= 0.6 is 104 Å². The van der Waals surface area contributed by atoms with Crippen LogP contribution in [-0.2, 0) is 0 Å². The summed E-state index contributed by atoms with van der Waals surface area (Å²) in [6.07, 6.45) is 1.37. The normalized spacial score (nSPS) is 38.8. The third-order valence-electron chi connectivity index (χ3n) is 2.50. The molecule has 0 unspecified atom stereocenters. The van der Waals surface area contributed by atoms with Crippen molar-refractivity contribution < 1.29 is 0 Å². The Hall–Kier alpha value is 2.43. The van der Waals surface area contributed by atoms with E-state index in [2.05, 4.69) is 68.7 Å². The van der Waals surface area contributed by atoms with Crippen LogP contribution in [0.4, 0.5) is 0 Å². The van der Waals surface area contributed by atoms with E-state index in [0.717, 1.165) is 21.5 Å². The van der Waals surface area contributed by atoms with Crippen molar-refractivity contribution >= 4 is 104 Å². The number of halogens is 2. The lowest BCUT2D eigenvalue weighted by Crippen LogP contribution is -2.23. The van der Waals surface area contributed by atoms with Crippen molar-refractivity contribution in [3.8, 4) is 0 Å². The molecule has 2 aliphatic rings. The molecule has 0 aromatic carbocycles. The molecule has 0 N–H and O–H groups in total. The second-order valence-corrected chi connectivity index (χ2v) is 12.7. The van der Waals surface area contributed by atoms with E-state index in [1.807, 2.05) is 22.7 Å². The fraction of sp³-hybridized carbons (Fsp3) is 0.625. The van der Waals surface area contributed by atoms with Gasteiger partial charge < -0.3 is 0 Å². The van der Waals surface area contributed by atoms with E-state index in [-0.39, 0.29) is 0 Å². The van der Waals surface area contributed by atoms with Crippen LogP contribution in [0, 0.1) is 3.14 Å². The first-order chi connectivity index (χ1) is 7.15. The van der Waals surface area contributed by atoms with Gasteiger partial charge in [-0.15, -0.1) is 46.2 Å². The fourth-order valence-electron chi connectivity index (χ4n) is 1.81. The van der Waals surface area contributed by atoms with Crippen LogP contribution in [-0.4, -0.2) is 18.3 Å². The van der Waals surface area contributed by atoms with Gasteiger partial charge in [-0.2, -0.15) is 0 Å². The summed E-state index contributed by atoms with van der Waals surface area (Å²) in [5.41, 5.74) is 0. The number of thioether (sulfide) groups is 2. The highest BCUT2D eigenvalue weighted by Crippen LogP contribution is 2.57. The molecule has 1 fully saturated rings. The highest BCUT2D eigenvalue weighted by Gasteiger charge is 2.45. The number of fused-ring (bicyclic) bond motifs is 2. The SMILES string of the molecule is S=c1sc2c(s1)S[C@H]1C[C@H](I)[C@H](I)[C@@H]1S2. The number of rotatable bonds is 0. The van der Waals surface area contributed by atoms with Crippen LogP contribution in [0.15, 0.2) is 8.42 Å². The molecule has 0 radical (unpaired) electrons. The highest BCUT2D eigenvalue weighted by molar-refractivity contribution is 14.1. The number of hydrogen-bond donors (Lipinski definition) is 0. The Kier molecular flexibility index (Phi) is 4.02. The average Bonchev–Trinajstić information content (AvgIpc) is 2.65. The van der Waals surface area contributed by atoms with E-state index in [0.29, 0.717) is 0 Å². The summed E-state index contributed by atoms with van der Waals surface area (Å²) < 4.78 is 5.74. The van der Waals surface area contributed by atoms with E-state index in [1.165, 1.54) is 14.8 Å². The van der Waals surface area contributed by atoms with Crippen molar-refractivity contribution in [3.05, 3.63) is 3.14 Å². The highest BCUT2D eigenvalue weighted by atomic mass is 127. The van der Waals surface area contributed by atoms with Crippen LogP contribution in [0.25, 0.3) is 0 Å². The molecule has 4 atom stereocenters. The molecule has 7 heteroatoms. The smallest absolute Gasteiger partial charge is 0.109 e. The van der Waals surface area contributed by atoms with E-state index >= 15 is 0 Å².